The molecule has 1 aromatic heterocycles. The van der Waals surface area contributed by atoms with Crippen LogP contribution in [-0.2, 0) is 6.54 Å². The Bertz CT molecular complexity index is 486. The second-order valence-electron chi connectivity index (χ2n) is 4.53. The predicted octanol–water partition coefficient (Wildman–Crippen LogP) is 3.38. The molecule has 3 heteroatoms. The molecule has 1 N–H and O–H groups in total. The van der Waals surface area contributed by atoms with Gasteiger partial charge in [-0.2, -0.15) is 0 Å². The van der Waals surface area contributed by atoms with E-state index in [4.69, 9.17) is 0 Å². The van der Waals surface area contributed by atoms with Gasteiger partial charge in [0.25, 0.3) is 0 Å². The van der Waals surface area contributed by atoms with Gasteiger partial charge in [0.1, 0.15) is 0 Å². The van der Waals surface area contributed by atoms with Gasteiger partial charge in [-0.15, -0.1) is 0 Å². The van der Waals surface area contributed by atoms with Crippen molar-refractivity contribution in [2.75, 3.05) is 5.32 Å². The van der Waals surface area contributed by atoms with Crippen LogP contribution < -0.4 is 5.32 Å². The Morgan fingerprint density at radius 2 is 2.06 bits per heavy atom. The Kier molecular flexibility index (Phi) is 3.47. The summed E-state index contributed by atoms with van der Waals surface area (Å²) in [4.78, 5) is 4.33. The first-order chi connectivity index (χ1) is 8.18. The van der Waals surface area contributed by atoms with E-state index in [-0.39, 0.29) is 0 Å². The summed E-state index contributed by atoms with van der Waals surface area (Å²) in [5.74, 6) is 0.934. The molecule has 0 spiro atoms. The van der Waals surface area contributed by atoms with Gasteiger partial charge in [-0.1, -0.05) is 24.3 Å². The fourth-order valence-electron chi connectivity index (χ4n) is 1.85. The molecule has 17 heavy (non-hydrogen) atoms. The minimum atomic E-state index is 0.428. The number of anilines is 1. The summed E-state index contributed by atoms with van der Waals surface area (Å²) in [6.45, 7) is 7.25. The van der Waals surface area contributed by atoms with Gasteiger partial charge in [-0.3, -0.25) is 0 Å². The quantitative estimate of drug-likeness (QED) is 0.871. The lowest BCUT2D eigenvalue weighted by Crippen LogP contribution is -2.09. The molecular weight excluding hydrogens is 210 g/mol. The normalized spacial score (nSPS) is 10.8. The van der Waals surface area contributed by atoms with Crippen LogP contribution in [0.3, 0.4) is 0 Å². The number of hydrogen-bond donors (Lipinski definition) is 1. The van der Waals surface area contributed by atoms with Gasteiger partial charge in [0.2, 0.25) is 5.95 Å². The standard InChI is InChI=1S/C14H19N3/c1-11(2)17-9-8-15-14(17)16-10-13-7-5-4-6-12(13)3/h4-9,11H,10H2,1-3H3,(H,15,16). The fraction of sp³-hybridized carbons (Fsp3) is 0.357. The maximum atomic E-state index is 4.33. The number of nitrogens with zero attached hydrogens (tertiary/aromatic N) is 2. The van der Waals surface area contributed by atoms with Crippen molar-refractivity contribution < 1.29 is 0 Å². The Morgan fingerprint density at radius 3 is 2.76 bits per heavy atom. The molecule has 0 unspecified atom stereocenters. The lowest BCUT2D eigenvalue weighted by molar-refractivity contribution is 0.604. The van der Waals surface area contributed by atoms with Gasteiger partial charge >= 0.3 is 0 Å². The molecule has 0 bridgehead atoms. The van der Waals surface area contributed by atoms with Crippen molar-refractivity contribution in [1.29, 1.82) is 0 Å². The van der Waals surface area contributed by atoms with Crippen LogP contribution in [0.4, 0.5) is 5.95 Å². The highest BCUT2D eigenvalue weighted by Gasteiger charge is 2.05. The van der Waals surface area contributed by atoms with E-state index < -0.39 is 0 Å². The summed E-state index contributed by atoms with van der Waals surface area (Å²) >= 11 is 0. The average molecular weight is 229 g/mol. The highest BCUT2D eigenvalue weighted by Crippen LogP contribution is 2.14. The van der Waals surface area contributed by atoms with Crippen molar-refractivity contribution in [1.82, 2.24) is 9.55 Å². The van der Waals surface area contributed by atoms with E-state index in [2.05, 4.69) is 59.9 Å². The second kappa shape index (κ2) is 5.04. The SMILES string of the molecule is Cc1ccccc1CNc1nccn1C(C)C. The van der Waals surface area contributed by atoms with Crippen LogP contribution in [0, 0.1) is 6.92 Å². The lowest BCUT2D eigenvalue weighted by Gasteiger charge is -2.13. The number of hydrogen-bond acceptors (Lipinski definition) is 2. The molecule has 0 aliphatic rings. The van der Waals surface area contributed by atoms with Crippen molar-refractivity contribution in [3.8, 4) is 0 Å². The number of imidazole rings is 1. The molecule has 0 aliphatic carbocycles. The van der Waals surface area contributed by atoms with Crippen LogP contribution in [0.15, 0.2) is 36.7 Å². The Balaban J connectivity index is 2.08. The Morgan fingerprint density at radius 1 is 1.29 bits per heavy atom. The summed E-state index contributed by atoms with van der Waals surface area (Å²) in [5, 5.41) is 3.38. The smallest absolute Gasteiger partial charge is 0.203 e. The maximum Gasteiger partial charge on any atom is 0.203 e. The highest BCUT2D eigenvalue weighted by atomic mass is 15.2. The fourth-order valence-corrected chi connectivity index (χ4v) is 1.85. The van der Waals surface area contributed by atoms with Gasteiger partial charge in [0, 0.05) is 25.0 Å². The summed E-state index contributed by atoms with van der Waals surface area (Å²) in [7, 11) is 0. The minimum Gasteiger partial charge on any atom is -0.352 e. The zero-order valence-corrected chi connectivity index (χ0v) is 10.6. The molecule has 3 nitrogen and oxygen atoms in total. The lowest BCUT2D eigenvalue weighted by atomic mass is 10.1. The van der Waals surface area contributed by atoms with Crippen LogP contribution in [0.2, 0.25) is 0 Å². The average Bonchev–Trinajstić information content (AvgIpc) is 2.76. The van der Waals surface area contributed by atoms with Crippen LogP contribution >= 0.6 is 0 Å². The summed E-state index contributed by atoms with van der Waals surface area (Å²) in [6.07, 6.45) is 3.84. The highest BCUT2D eigenvalue weighted by molar-refractivity contribution is 5.32. The molecular formula is C14H19N3. The van der Waals surface area contributed by atoms with E-state index in [1.54, 1.807) is 0 Å². The van der Waals surface area contributed by atoms with E-state index in [1.165, 1.54) is 11.1 Å². The first-order valence-electron chi connectivity index (χ1n) is 5.99. The molecule has 2 rings (SSSR count). The van der Waals surface area contributed by atoms with Crippen LogP contribution in [-0.4, -0.2) is 9.55 Å². The minimum absolute atomic E-state index is 0.428. The van der Waals surface area contributed by atoms with Crippen molar-refractivity contribution in [3.63, 3.8) is 0 Å². The first kappa shape index (κ1) is 11.7. The first-order valence-corrected chi connectivity index (χ1v) is 5.99. The Labute approximate surface area is 103 Å². The van der Waals surface area contributed by atoms with Crippen LogP contribution in [0.25, 0.3) is 0 Å². The molecule has 0 saturated carbocycles. The zero-order valence-electron chi connectivity index (χ0n) is 10.6. The maximum absolute atomic E-state index is 4.33. The number of rotatable bonds is 4. The van der Waals surface area contributed by atoms with Gasteiger partial charge in [-0.25, -0.2) is 4.98 Å². The van der Waals surface area contributed by atoms with Crippen molar-refractivity contribution >= 4 is 5.95 Å². The van der Waals surface area contributed by atoms with Gasteiger partial charge in [-0.05, 0) is 31.9 Å². The number of benzene rings is 1. The van der Waals surface area contributed by atoms with Crippen molar-refractivity contribution in [2.24, 2.45) is 0 Å². The van der Waals surface area contributed by atoms with Crippen molar-refractivity contribution in [3.05, 3.63) is 47.8 Å². The zero-order chi connectivity index (χ0) is 12.3. The molecule has 1 heterocycles. The number of aryl methyl sites for hydroxylation is 1. The molecule has 0 fully saturated rings. The third kappa shape index (κ3) is 2.67. The largest absolute Gasteiger partial charge is 0.352 e. The second-order valence-corrected chi connectivity index (χ2v) is 4.53. The molecule has 0 aliphatic heterocycles. The summed E-state index contributed by atoms with van der Waals surface area (Å²) < 4.78 is 2.14. The van der Waals surface area contributed by atoms with Crippen molar-refractivity contribution in [2.45, 2.75) is 33.4 Å². The third-order valence-corrected chi connectivity index (χ3v) is 2.92. The topological polar surface area (TPSA) is 29.9 Å². The molecule has 0 radical (unpaired) electrons. The molecule has 0 amide bonds. The third-order valence-electron chi connectivity index (χ3n) is 2.92. The molecule has 90 valence electrons. The van der Waals surface area contributed by atoms with Crippen LogP contribution in [0.1, 0.15) is 31.0 Å². The molecule has 1 aromatic carbocycles. The van der Waals surface area contributed by atoms with Gasteiger partial charge in [0.05, 0.1) is 0 Å². The van der Waals surface area contributed by atoms with E-state index in [0.717, 1.165) is 12.5 Å². The molecule has 0 atom stereocenters. The van der Waals surface area contributed by atoms with E-state index in [1.807, 2.05) is 12.4 Å². The predicted molar refractivity (Wildman–Crippen MR) is 71.1 cm³/mol. The monoisotopic (exact) mass is 229 g/mol. The molecule has 2 aromatic rings. The van der Waals surface area contributed by atoms with Crippen LogP contribution in [0.5, 0.6) is 0 Å². The Hall–Kier alpha value is -1.77. The molecule has 0 saturated heterocycles. The number of aromatic nitrogens is 2. The van der Waals surface area contributed by atoms with E-state index >= 15 is 0 Å². The van der Waals surface area contributed by atoms with E-state index in [9.17, 15) is 0 Å². The summed E-state index contributed by atoms with van der Waals surface area (Å²) in [5.41, 5.74) is 2.62. The summed E-state index contributed by atoms with van der Waals surface area (Å²) in [6, 6.07) is 8.83. The van der Waals surface area contributed by atoms with Gasteiger partial charge in [0.15, 0.2) is 0 Å². The number of nitrogens with one attached hydrogen (secondary N) is 1. The van der Waals surface area contributed by atoms with E-state index in [0.29, 0.717) is 6.04 Å². The van der Waals surface area contributed by atoms with Gasteiger partial charge < -0.3 is 9.88 Å².